The summed E-state index contributed by atoms with van der Waals surface area (Å²) in [5, 5.41) is 9.55. The maximum atomic E-state index is 14.2. The predicted molar refractivity (Wildman–Crippen MR) is 189 cm³/mol. The van der Waals surface area contributed by atoms with Crippen molar-refractivity contribution >= 4 is 17.5 Å². The standard InChI is InChI=1S/C38H45N5O6/c1-8-22(2)33(38(46)42-34(24-12-10-9-11-13-24)37-39-18-19-43(37)4)41-29-17-15-26-27(21-30(29)45)28(40-23(3)44)16-14-25-20-31(47-5)35(48-6)36(49-7)32(25)26/h9-13,15,17-22,28,33-34H,8,14,16H2,1-7H3,(H,40,44)(H,41,45)(H,42,46). The maximum Gasteiger partial charge on any atom is 0.243 e. The molecule has 11 heteroatoms. The van der Waals surface area contributed by atoms with Crippen LogP contribution in [-0.2, 0) is 23.1 Å². The molecule has 4 unspecified atom stereocenters. The van der Waals surface area contributed by atoms with E-state index in [9.17, 15) is 14.4 Å². The number of nitrogens with zero attached hydrogens (tertiary/aromatic N) is 2. The first-order valence-electron chi connectivity index (χ1n) is 16.5. The average molecular weight is 668 g/mol. The molecule has 49 heavy (non-hydrogen) atoms. The highest BCUT2D eigenvalue weighted by atomic mass is 16.5. The number of nitrogens with one attached hydrogen (secondary N) is 3. The lowest BCUT2D eigenvalue weighted by atomic mass is 9.95. The second kappa shape index (κ2) is 15.3. The number of amides is 2. The molecule has 3 aromatic carbocycles. The van der Waals surface area contributed by atoms with Gasteiger partial charge in [-0.1, -0.05) is 56.7 Å². The van der Waals surface area contributed by atoms with Gasteiger partial charge >= 0.3 is 0 Å². The molecule has 0 saturated heterocycles. The van der Waals surface area contributed by atoms with Gasteiger partial charge in [0.1, 0.15) is 17.9 Å². The zero-order chi connectivity index (χ0) is 35.2. The Morgan fingerprint density at radius 3 is 2.37 bits per heavy atom. The van der Waals surface area contributed by atoms with Crippen LogP contribution in [0.15, 0.2) is 71.8 Å². The van der Waals surface area contributed by atoms with Crippen LogP contribution in [0, 0.1) is 5.92 Å². The Balaban J connectivity index is 1.60. The highest BCUT2D eigenvalue weighted by Gasteiger charge is 2.32. The molecule has 3 N–H and O–H groups in total. The Morgan fingerprint density at radius 1 is 1.02 bits per heavy atom. The van der Waals surface area contributed by atoms with Crippen molar-refractivity contribution in [1.29, 1.82) is 0 Å². The minimum absolute atomic E-state index is 0.134. The van der Waals surface area contributed by atoms with Crippen LogP contribution in [0.3, 0.4) is 0 Å². The minimum atomic E-state index is -0.747. The van der Waals surface area contributed by atoms with E-state index in [0.29, 0.717) is 53.5 Å². The third kappa shape index (κ3) is 7.25. The summed E-state index contributed by atoms with van der Waals surface area (Å²) in [6.45, 7) is 5.45. The summed E-state index contributed by atoms with van der Waals surface area (Å²) in [4.78, 5) is 45.2. The first-order chi connectivity index (χ1) is 23.6. The molecule has 0 fully saturated rings. The summed E-state index contributed by atoms with van der Waals surface area (Å²) in [6, 6.07) is 15.0. The van der Waals surface area contributed by atoms with Crippen molar-refractivity contribution in [2.24, 2.45) is 13.0 Å². The van der Waals surface area contributed by atoms with Gasteiger partial charge in [-0.2, -0.15) is 0 Å². The SMILES string of the molecule is CCC(C)C(Nc1ccc2c(cc1=O)C(NC(C)=O)CCc1cc(OC)c(OC)c(OC)c1-2)C(=O)NC(c1ccccc1)c1nccn1C. The number of aryl methyl sites for hydroxylation is 2. The number of imidazole rings is 1. The third-order valence-electron chi connectivity index (χ3n) is 9.26. The molecule has 0 radical (unpaired) electrons. The minimum Gasteiger partial charge on any atom is -0.493 e. The lowest BCUT2D eigenvalue weighted by molar-refractivity contribution is -0.123. The number of hydrogen-bond donors (Lipinski definition) is 3. The fourth-order valence-electron chi connectivity index (χ4n) is 6.53. The molecule has 11 nitrogen and oxygen atoms in total. The van der Waals surface area contributed by atoms with Crippen LogP contribution in [0.2, 0.25) is 0 Å². The summed E-state index contributed by atoms with van der Waals surface area (Å²) >= 11 is 0. The summed E-state index contributed by atoms with van der Waals surface area (Å²) in [6.07, 6.45) is 5.35. The van der Waals surface area contributed by atoms with Crippen LogP contribution in [-0.4, -0.2) is 48.7 Å². The van der Waals surface area contributed by atoms with Crippen LogP contribution in [0.4, 0.5) is 5.69 Å². The van der Waals surface area contributed by atoms with Crippen LogP contribution in [0.1, 0.15) is 68.2 Å². The number of benzene rings is 2. The van der Waals surface area contributed by atoms with Crippen molar-refractivity contribution < 1.29 is 23.8 Å². The van der Waals surface area contributed by atoms with E-state index in [1.54, 1.807) is 39.7 Å². The van der Waals surface area contributed by atoms with Gasteiger partial charge in [0.15, 0.2) is 11.5 Å². The molecule has 0 aliphatic heterocycles. The molecule has 0 spiro atoms. The molecule has 0 saturated carbocycles. The van der Waals surface area contributed by atoms with E-state index < -0.39 is 18.1 Å². The van der Waals surface area contributed by atoms with E-state index in [0.717, 1.165) is 16.7 Å². The van der Waals surface area contributed by atoms with Crippen molar-refractivity contribution in [3.05, 3.63) is 99.7 Å². The second-order valence-electron chi connectivity index (χ2n) is 12.4. The average Bonchev–Trinajstić information content (AvgIpc) is 3.39. The maximum absolute atomic E-state index is 14.2. The summed E-state index contributed by atoms with van der Waals surface area (Å²) in [7, 11) is 6.56. The Bertz CT molecular complexity index is 1870. The van der Waals surface area contributed by atoms with E-state index in [4.69, 9.17) is 14.2 Å². The first-order valence-corrected chi connectivity index (χ1v) is 16.5. The van der Waals surface area contributed by atoms with E-state index in [-0.39, 0.29) is 28.8 Å². The molecule has 1 aliphatic carbocycles. The Hall–Kier alpha value is -5.32. The van der Waals surface area contributed by atoms with Crippen LogP contribution in [0.25, 0.3) is 11.1 Å². The second-order valence-corrected chi connectivity index (χ2v) is 12.4. The van der Waals surface area contributed by atoms with E-state index in [2.05, 4.69) is 20.9 Å². The van der Waals surface area contributed by atoms with Crippen molar-refractivity contribution in [2.45, 2.75) is 58.2 Å². The molecule has 5 rings (SSSR count). The van der Waals surface area contributed by atoms with Crippen LogP contribution >= 0.6 is 0 Å². The largest absolute Gasteiger partial charge is 0.493 e. The predicted octanol–water partition coefficient (Wildman–Crippen LogP) is 5.33. The van der Waals surface area contributed by atoms with E-state index in [1.807, 2.05) is 74.1 Å². The molecule has 258 valence electrons. The van der Waals surface area contributed by atoms with Gasteiger partial charge in [-0.25, -0.2) is 4.98 Å². The molecule has 1 aromatic heterocycles. The smallest absolute Gasteiger partial charge is 0.243 e. The number of methoxy groups -OCH3 is 3. The summed E-state index contributed by atoms with van der Waals surface area (Å²) in [5.74, 6) is 1.48. The molecule has 1 aliphatic rings. The third-order valence-corrected chi connectivity index (χ3v) is 9.26. The molecule has 4 atom stereocenters. The van der Waals surface area contributed by atoms with Gasteiger partial charge < -0.3 is 34.7 Å². The summed E-state index contributed by atoms with van der Waals surface area (Å²) < 4.78 is 19.1. The molecule has 2 amide bonds. The van der Waals surface area contributed by atoms with Crippen molar-refractivity contribution in [2.75, 3.05) is 26.6 Å². The number of rotatable bonds is 12. The van der Waals surface area contributed by atoms with Gasteiger partial charge in [-0.15, -0.1) is 0 Å². The molecule has 4 aromatic rings. The number of anilines is 1. The molecule has 1 heterocycles. The van der Waals surface area contributed by atoms with Crippen LogP contribution in [0.5, 0.6) is 17.2 Å². The number of fused-ring (bicyclic) bond motifs is 3. The Labute approximate surface area is 287 Å². The molecular formula is C38H45N5O6. The number of carbonyl (C=O) groups is 2. The lowest BCUT2D eigenvalue weighted by Gasteiger charge is -2.27. The van der Waals surface area contributed by atoms with Gasteiger partial charge in [0.25, 0.3) is 0 Å². The van der Waals surface area contributed by atoms with Gasteiger partial charge in [-0.05, 0) is 59.2 Å². The number of carbonyl (C=O) groups excluding carboxylic acids is 2. The van der Waals surface area contributed by atoms with Gasteiger partial charge in [0, 0.05) is 31.9 Å². The number of aromatic nitrogens is 2. The van der Waals surface area contributed by atoms with Gasteiger partial charge in [0.05, 0.1) is 33.1 Å². The van der Waals surface area contributed by atoms with Crippen molar-refractivity contribution in [3.8, 4) is 28.4 Å². The monoisotopic (exact) mass is 667 g/mol. The van der Waals surface area contributed by atoms with Gasteiger partial charge in [0.2, 0.25) is 23.0 Å². The zero-order valence-electron chi connectivity index (χ0n) is 29.1. The topological polar surface area (TPSA) is 133 Å². The van der Waals surface area contributed by atoms with Crippen molar-refractivity contribution in [1.82, 2.24) is 20.2 Å². The van der Waals surface area contributed by atoms with Gasteiger partial charge in [-0.3, -0.25) is 14.4 Å². The molecule has 0 bridgehead atoms. The van der Waals surface area contributed by atoms with Crippen molar-refractivity contribution in [3.63, 3.8) is 0 Å². The number of hydrogen-bond acceptors (Lipinski definition) is 8. The first kappa shape index (κ1) is 35.0. The Kier molecular flexibility index (Phi) is 10.9. The zero-order valence-corrected chi connectivity index (χ0v) is 29.1. The fraction of sp³-hybridized carbons (Fsp3) is 0.368. The van der Waals surface area contributed by atoms with Crippen LogP contribution < -0.4 is 35.6 Å². The quantitative estimate of drug-likeness (QED) is 0.185. The fourth-order valence-corrected chi connectivity index (χ4v) is 6.53. The normalized spacial score (nSPS) is 15.4. The lowest BCUT2D eigenvalue weighted by Crippen LogP contribution is -2.46. The van der Waals surface area contributed by atoms with E-state index >= 15 is 0 Å². The highest BCUT2D eigenvalue weighted by Crippen LogP contribution is 2.50. The number of ether oxygens (including phenoxy) is 3. The summed E-state index contributed by atoms with van der Waals surface area (Å²) in [5.41, 5.74) is 3.85. The highest BCUT2D eigenvalue weighted by molar-refractivity contribution is 5.86. The Morgan fingerprint density at radius 2 is 1.76 bits per heavy atom. The van der Waals surface area contributed by atoms with E-state index in [1.165, 1.54) is 6.92 Å². The molecular weight excluding hydrogens is 622 g/mol.